The van der Waals surface area contributed by atoms with Gasteiger partial charge in [-0.05, 0) is 48.4 Å². The molecule has 2 aliphatic rings. The second-order valence-electron chi connectivity index (χ2n) is 7.35. The van der Waals surface area contributed by atoms with Gasteiger partial charge in [0.25, 0.3) is 0 Å². The summed E-state index contributed by atoms with van der Waals surface area (Å²) in [6, 6.07) is 8.11. The van der Waals surface area contributed by atoms with Gasteiger partial charge in [0.1, 0.15) is 5.60 Å². The zero-order valence-corrected chi connectivity index (χ0v) is 14.8. The summed E-state index contributed by atoms with van der Waals surface area (Å²) in [6.45, 7) is 1.36. The Morgan fingerprint density at radius 1 is 1.23 bits per heavy atom. The number of aliphatic hydroxyl groups is 1. The molecule has 4 rings (SSSR count). The van der Waals surface area contributed by atoms with Crippen molar-refractivity contribution in [3.63, 3.8) is 0 Å². The SMILES string of the molecule is O=C(Cc1ccc2c(c1)CCC2)NC[C@]1(O)CCN(c2ncccn2)C1. The molecule has 0 spiro atoms. The first kappa shape index (κ1) is 17.0. The van der Waals surface area contributed by atoms with Crippen LogP contribution in [-0.2, 0) is 24.1 Å². The van der Waals surface area contributed by atoms with E-state index in [1.54, 1.807) is 18.5 Å². The van der Waals surface area contributed by atoms with E-state index < -0.39 is 5.60 Å². The molecule has 6 heteroatoms. The lowest BCUT2D eigenvalue weighted by Gasteiger charge is -2.23. The molecular weight excluding hydrogens is 328 g/mol. The van der Waals surface area contributed by atoms with Crippen LogP contribution in [0.4, 0.5) is 5.95 Å². The maximum Gasteiger partial charge on any atom is 0.225 e. The van der Waals surface area contributed by atoms with Crippen molar-refractivity contribution >= 4 is 11.9 Å². The van der Waals surface area contributed by atoms with Crippen LogP contribution in [0.3, 0.4) is 0 Å². The van der Waals surface area contributed by atoms with E-state index >= 15 is 0 Å². The normalized spacial score (nSPS) is 21.7. The average Bonchev–Trinajstić information content (AvgIpc) is 3.28. The Hall–Kier alpha value is -2.47. The predicted molar refractivity (Wildman–Crippen MR) is 99.0 cm³/mol. The maximum atomic E-state index is 12.3. The van der Waals surface area contributed by atoms with Crippen molar-refractivity contribution < 1.29 is 9.90 Å². The van der Waals surface area contributed by atoms with Crippen LogP contribution < -0.4 is 10.2 Å². The molecule has 0 saturated carbocycles. The quantitative estimate of drug-likeness (QED) is 0.847. The Balaban J connectivity index is 1.30. The largest absolute Gasteiger partial charge is 0.386 e. The summed E-state index contributed by atoms with van der Waals surface area (Å²) in [5, 5.41) is 13.6. The number of carbonyl (C=O) groups excluding carboxylic acids is 1. The summed E-state index contributed by atoms with van der Waals surface area (Å²) in [6.07, 6.45) is 7.80. The van der Waals surface area contributed by atoms with Gasteiger partial charge in [0.15, 0.2) is 0 Å². The van der Waals surface area contributed by atoms with Crippen LogP contribution in [0.1, 0.15) is 29.5 Å². The molecular formula is C20H24N4O2. The fourth-order valence-electron chi connectivity index (χ4n) is 3.87. The number of hydrogen-bond donors (Lipinski definition) is 2. The van der Waals surface area contributed by atoms with Crippen molar-refractivity contribution in [2.45, 2.75) is 37.7 Å². The monoisotopic (exact) mass is 352 g/mol. The molecule has 136 valence electrons. The van der Waals surface area contributed by atoms with Crippen molar-refractivity contribution in [3.8, 4) is 0 Å². The van der Waals surface area contributed by atoms with E-state index in [4.69, 9.17) is 0 Å². The molecule has 1 aromatic heterocycles. The third-order valence-corrected chi connectivity index (χ3v) is 5.31. The first-order valence-corrected chi connectivity index (χ1v) is 9.23. The lowest BCUT2D eigenvalue weighted by atomic mass is 10.0. The Morgan fingerprint density at radius 2 is 2.04 bits per heavy atom. The van der Waals surface area contributed by atoms with E-state index in [1.807, 2.05) is 11.0 Å². The third-order valence-electron chi connectivity index (χ3n) is 5.31. The first-order valence-electron chi connectivity index (χ1n) is 9.23. The topological polar surface area (TPSA) is 78.4 Å². The number of hydrogen-bond acceptors (Lipinski definition) is 5. The summed E-state index contributed by atoms with van der Waals surface area (Å²) in [5.41, 5.74) is 2.90. The minimum atomic E-state index is -0.938. The summed E-state index contributed by atoms with van der Waals surface area (Å²) in [4.78, 5) is 22.7. The van der Waals surface area contributed by atoms with Crippen molar-refractivity contribution in [1.29, 1.82) is 0 Å². The molecule has 2 aromatic rings. The molecule has 6 nitrogen and oxygen atoms in total. The van der Waals surface area contributed by atoms with Crippen molar-refractivity contribution in [3.05, 3.63) is 53.3 Å². The first-order chi connectivity index (χ1) is 12.6. The van der Waals surface area contributed by atoms with E-state index in [0.29, 0.717) is 31.9 Å². The lowest BCUT2D eigenvalue weighted by Crippen LogP contribution is -2.45. The molecule has 0 bridgehead atoms. The van der Waals surface area contributed by atoms with Crippen molar-refractivity contribution in [2.24, 2.45) is 0 Å². The number of aromatic nitrogens is 2. The van der Waals surface area contributed by atoms with Gasteiger partial charge < -0.3 is 15.3 Å². The minimum Gasteiger partial charge on any atom is -0.386 e. The number of nitrogens with one attached hydrogen (secondary N) is 1. The Labute approximate surface area is 153 Å². The average molecular weight is 352 g/mol. The number of fused-ring (bicyclic) bond motifs is 1. The lowest BCUT2D eigenvalue weighted by molar-refractivity contribution is -0.121. The third kappa shape index (κ3) is 3.70. The number of amides is 1. The standard InChI is InChI=1S/C20H24N4O2/c25-18(12-15-5-6-16-3-1-4-17(16)11-15)23-13-20(26)7-10-24(14-20)19-21-8-2-9-22-19/h2,5-6,8-9,11,26H,1,3-4,7,10,12-14H2,(H,23,25)/t20-/m1/s1. The van der Waals surface area contributed by atoms with Crippen LogP contribution in [0.15, 0.2) is 36.7 Å². The molecule has 1 atom stereocenters. The van der Waals surface area contributed by atoms with Gasteiger partial charge in [-0.25, -0.2) is 9.97 Å². The van der Waals surface area contributed by atoms with Gasteiger partial charge in [0, 0.05) is 25.5 Å². The number of carbonyl (C=O) groups is 1. The second-order valence-corrected chi connectivity index (χ2v) is 7.35. The van der Waals surface area contributed by atoms with Crippen LogP contribution in [0.2, 0.25) is 0 Å². The van der Waals surface area contributed by atoms with Gasteiger partial charge in [-0.1, -0.05) is 18.2 Å². The zero-order valence-electron chi connectivity index (χ0n) is 14.8. The van der Waals surface area contributed by atoms with Gasteiger partial charge in [-0.3, -0.25) is 4.79 Å². The summed E-state index contributed by atoms with van der Waals surface area (Å²) >= 11 is 0. The molecule has 1 fully saturated rings. The molecule has 26 heavy (non-hydrogen) atoms. The van der Waals surface area contributed by atoms with Gasteiger partial charge in [-0.2, -0.15) is 0 Å². The molecule has 2 heterocycles. The molecule has 1 amide bonds. The Bertz CT molecular complexity index is 796. The van der Waals surface area contributed by atoms with Gasteiger partial charge in [0.05, 0.1) is 13.0 Å². The molecule has 0 unspecified atom stereocenters. The van der Waals surface area contributed by atoms with Gasteiger partial charge in [0.2, 0.25) is 11.9 Å². The second kappa shape index (κ2) is 7.03. The fraction of sp³-hybridized carbons (Fsp3) is 0.450. The van der Waals surface area contributed by atoms with Gasteiger partial charge >= 0.3 is 0 Å². The highest BCUT2D eigenvalue weighted by molar-refractivity contribution is 5.78. The number of β-amino-alcohol motifs (C(OH)–C–C–N with tert-alkyl or cyclic N) is 1. The molecule has 1 aromatic carbocycles. The fourth-order valence-corrected chi connectivity index (χ4v) is 3.87. The predicted octanol–water partition coefficient (Wildman–Crippen LogP) is 1.27. The highest BCUT2D eigenvalue weighted by Crippen LogP contribution is 2.24. The molecule has 2 N–H and O–H groups in total. The van der Waals surface area contributed by atoms with Crippen molar-refractivity contribution in [1.82, 2.24) is 15.3 Å². The number of rotatable bonds is 5. The summed E-state index contributed by atoms with van der Waals surface area (Å²) < 4.78 is 0. The number of nitrogens with zero attached hydrogens (tertiary/aromatic N) is 3. The van der Waals surface area contributed by atoms with Crippen molar-refractivity contribution in [2.75, 3.05) is 24.5 Å². The maximum absolute atomic E-state index is 12.3. The van der Waals surface area contributed by atoms with Crippen LogP contribution in [-0.4, -0.2) is 46.2 Å². The summed E-state index contributed by atoms with van der Waals surface area (Å²) in [7, 11) is 0. The molecule has 1 aliphatic heterocycles. The van der Waals surface area contributed by atoms with Crippen LogP contribution in [0, 0.1) is 0 Å². The van der Waals surface area contributed by atoms with E-state index in [9.17, 15) is 9.90 Å². The van der Waals surface area contributed by atoms with E-state index in [2.05, 4.69) is 27.4 Å². The summed E-state index contributed by atoms with van der Waals surface area (Å²) in [5.74, 6) is 0.568. The molecule has 0 radical (unpaired) electrons. The number of aryl methyl sites for hydroxylation is 2. The van der Waals surface area contributed by atoms with Gasteiger partial charge in [-0.15, -0.1) is 0 Å². The minimum absolute atomic E-state index is 0.0502. The van der Waals surface area contributed by atoms with E-state index in [0.717, 1.165) is 18.4 Å². The van der Waals surface area contributed by atoms with E-state index in [-0.39, 0.29) is 12.5 Å². The number of benzene rings is 1. The van der Waals surface area contributed by atoms with Crippen LogP contribution in [0.5, 0.6) is 0 Å². The highest BCUT2D eigenvalue weighted by Gasteiger charge is 2.37. The smallest absolute Gasteiger partial charge is 0.225 e. The zero-order chi connectivity index (χ0) is 18.0. The highest BCUT2D eigenvalue weighted by atomic mass is 16.3. The molecule has 1 aliphatic carbocycles. The Morgan fingerprint density at radius 3 is 2.88 bits per heavy atom. The Kier molecular flexibility index (Phi) is 4.59. The molecule has 1 saturated heterocycles. The van der Waals surface area contributed by atoms with Crippen LogP contribution >= 0.6 is 0 Å². The van der Waals surface area contributed by atoms with Crippen LogP contribution in [0.25, 0.3) is 0 Å². The van der Waals surface area contributed by atoms with E-state index in [1.165, 1.54) is 17.5 Å². The number of anilines is 1.